The maximum Gasteiger partial charge on any atom is 0.266 e. The standard InChI is InChI=1S/C6H11F4N/c1-5(7,8)3-6(9,10)4-11-2/h11H,3-4H2,1-2H3. The zero-order valence-electron chi connectivity index (χ0n) is 6.43. The van der Waals surface area contributed by atoms with Crippen molar-refractivity contribution in [1.29, 1.82) is 0 Å². The number of hydrogen-bond acceptors (Lipinski definition) is 1. The predicted molar refractivity (Wildman–Crippen MR) is 34.1 cm³/mol. The lowest BCUT2D eigenvalue weighted by Crippen LogP contribution is -2.35. The number of alkyl halides is 4. The van der Waals surface area contributed by atoms with Crippen LogP contribution in [0.5, 0.6) is 0 Å². The summed E-state index contributed by atoms with van der Waals surface area (Å²) in [5.74, 6) is -6.63. The van der Waals surface area contributed by atoms with Crippen LogP contribution in [0.15, 0.2) is 0 Å². The Labute approximate surface area is 62.8 Å². The van der Waals surface area contributed by atoms with E-state index in [1.165, 1.54) is 7.05 Å². The van der Waals surface area contributed by atoms with E-state index in [9.17, 15) is 17.6 Å². The fourth-order valence-corrected chi connectivity index (χ4v) is 0.775. The molecule has 0 unspecified atom stereocenters. The molecule has 0 atom stereocenters. The first-order valence-corrected chi connectivity index (χ1v) is 3.17. The number of hydrogen-bond donors (Lipinski definition) is 1. The van der Waals surface area contributed by atoms with E-state index in [0.717, 1.165) is 0 Å². The molecule has 0 aromatic rings. The molecule has 0 aromatic heterocycles. The van der Waals surface area contributed by atoms with Crippen molar-refractivity contribution in [3.63, 3.8) is 0 Å². The lowest BCUT2D eigenvalue weighted by molar-refractivity contribution is -0.0977. The Hall–Kier alpha value is -0.320. The van der Waals surface area contributed by atoms with Crippen molar-refractivity contribution >= 4 is 0 Å². The monoisotopic (exact) mass is 173 g/mol. The molecular formula is C6H11F4N. The van der Waals surface area contributed by atoms with Crippen LogP contribution in [0.25, 0.3) is 0 Å². The highest BCUT2D eigenvalue weighted by Crippen LogP contribution is 2.29. The van der Waals surface area contributed by atoms with Gasteiger partial charge in [0.15, 0.2) is 0 Å². The third-order valence-corrected chi connectivity index (χ3v) is 1.00. The van der Waals surface area contributed by atoms with E-state index in [0.29, 0.717) is 6.92 Å². The zero-order valence-corrected chi connectivity index (χ0v) is 6.43. The van der Waals surface area contributed by atoms with E-state index >= 15 is 0 Å². The summed E-state index contributed by atoms with van der Waals surface area (Å²) in [6.07, 6.45) is -1.40. The first kappa shape index (κ1) is 10.7. The van der Waals surface area contributed by atoms with Crippen LogP contribution in [0.3, 0.4) is 0 Å². The number of halogens is 4. The van der Waals surface area contributed by atoms with E-state index in [2.05, 4.69) is 5.32 Å². The van der Waals surface area contributed by atoms with E-state index in [4.69, 9.17) is 0 Å². The molecule has 0 aliphatic carbocycles. The van der Waals surface area contributed by atoms with Gasteiger partial charge in [0.25, 0.3) is 11.8 Å². The van der Waals surface area contributed by atoms with Crippen LogP contribution in [-0.2, 0) is 0 Å². The van der Waals surface area contributed by atoms with Gasteiger partial charge in [-0.3, -0.25) is 0 Å². The molecule has 5 heteroatoms. The normalized spacial score (nSPS) is 13.6. The lowest BCUT2D eigenvalue weighted by atomic mass is 10.1. The molecule has 0 bridgehead atoms. The van der Waals surface area contributed by atoms with Crippen molar-refractivity contribution in [3.05, 3.63) is 0 Å². The summed E-state index contributed by atoms with van der Waals surface area (Å²) < 4.78 is 48.8. The van der Waals surface area contributed by atoms with Gasteiger partial charge in [-0.05, 0) is 14.0 Å². The molecule has 0 spiro atoms. The summed E-state index contributed by atoms with van der Waals surface area (Å²) in [5, 5.41) is 2.15. The Kier molecular flexibility index (Phi) is 3.29. The van der Waals surface area contributed by atoms with Crippen molar-refractivity contribution in [2.75, 3.05) is 13.6 Å². The summed E-state index contributed by atoms with van der Waals surface area (Å²) in [6, 6.07) is 0. The second-order valence-electron chi connectivity index (χ2n) is 2.63. The van der Waals surface area contributed by atoms with Crippen LogP contribution in [0.4, 0.5) is 17.6 Å². The van der Waals surface area contributed by atoms with Gasteiger partial charge in [-0.25, -0.2) is 17.6 Å². The van der Waals surface area contributed by atoms with Crippen molar-refractivity contribution in [2.24, 2.45) is 0 Å². The Morgan fingerprint density at radius 2 is 1.64 bits per heavy atom. The van der Waals surface area contributed by atoms with Crippen LogP contribution >= 0.6 is 0 Å². The quantitative estimate of drug-likeness (QED) is 0.640. The highest BCUT2D eigenvalue weighted by molar-refractivity contribution is 4.75. The molecule has 0 amide bonds. The SMILES string of the molecule is CNCC(F)(F)CC(C)(F)F. The Bertz CT molecular complexity index is 118. The van der Waals surface area contributed by atoms with Crippen LogP contribution in [0.2, 0.25) is 0 Å². The Morgan fingerprint density at radius 3 is 1.91 bits per heavy atom. The molecule has 0 aliphatic rings. The molecular weight excluding hydrogens is 162 g/mol. The van der Waals surface area contributed by atoms with Gasteiger partial charge in [-0.1, -0.05) is 0 Å². The molecule has 1 nitrogen and oxygen atoms in total. The van der Waals surface area contributed by atoms with E-state index in [1.807, 2.05) is 0 Å². The molecule has 68 valence electrons. The smallest absolute Gasteiger partial charge is 0.266 e. The maximum absolute atomic E-state index is 12.4. The molecule has 0 fully saturated rings. The second kappa shape index (κ2) is 3.38. The summed E-state index contributed by atoms with van der Waals surface area (Å²) in [4.78, 5) is 0. The van der Waals surface area contributed by atoms with Gasteiger partial charge in [0.05, 0.1) is 13.0 Å². The molecule has 0 radical (unpaired) electrons. The highest BCUT2D eigenvalue weighted by Gasteiger charge is 2.39. The van der Waals surface area contributed by atoms with E-state index in [1.54, 1.807) is 0 Å². The van der Waals surface area contributed by atoms with Crippen LogP contribution in [-0.4, -0.2) is 25.4 Å². The average Bonchev–Trinajstić information content (AvgIpc) is 1.55. The minimum absolute atomic E-state index is 0.483. The predicted octanol–water partition coefficient (Wildman–Crippen LogP) is 1.89. The molecule has 0 aliphatic heterocycles. The topological polar surface area (TPSA) is 12.0 Å². The summed E-state index contributed by atoms with van der Waals surface area (Å²) in [5.41, 5.74) is 0. The highest BCUT2D eigenvalue weighted by atomic mass is 19.3. The molecule has 0 saturated carbocycles. The first-order valence-electron chi connectivity index (χ1n) is 3.17. The lowest BCUT2D eigenvalue weighted by Gasteiger charge is -2.19. The number of rotatable bonds is 4. The van der Waals surface area contributed by atoms with Gasteiger partial charge in [-0.15, -0.1) is 0 Å². The van der Waals surface area contributed by atoms with Gasteiger partial charge in [0, 0.05) is 0 Å². The maximum atomic E-state index is 12.4. The van der Waals surface area contributed by atoms with Gasteiger partial charge in [0.2, 0.25) is 0 Å². The molecule has 0 aromatic carbocycles. The largest absolute Gasteiger partial charge is 0.314 e. The van der Waals surface area contributed by atoms with E-state index < -0.39 is 24.8 Å². The zero-order chi connectivity index (χ0) is 9.12. The molecule has 0 heterocycles. The molecule has 0 saturated heterocycles. The van der Waals surface area contributed by atoms with Crippen molar-refractivity contribution in [3.8, 4) is 0 Å². The third-order valence-electron chi connectivity index (χ3n) is 1.00. The Morgan fingerprint density at radius 1 is 1.18 bits per heavy atom. The third kappa shape index (κ3) is 6.09. The van der Waals surface area contributed by atoms with Crippen molar-refractivity contribution in [1.82, 2.24) is 5.32 Å². The second-order valence-corrected chi connectivity index (χ2v) is 2.63. The molecule has 0 rings (SSSR count). The Balaban J connectivity index is 3.91. The molecule has 1 N–H and O–H groups in total. The van der Waals surface area contributed by atoms with Gasteiger partial charge in [-0.2, -0.15) is 0 Å². The van der Waals surface area contributed by atoms with Crippen molar-refractivity contribution < 1.29 is 17.6 Å². The fourth-order valence-electron chi connectivity index (χ4n) is 0.775. The van der Waals surface area contributed by atoms with Crippen molar-refractivity contribution in [2.45, 2.75) is 25.2 Å². The van der Waals surface area contributed by atoms with Crippen LogP contribution < -0.4 is 5.32 Å². The van der Waals surface area contributed by atoms with Crippen LogP contribution in [0.1, 0.15) is 13.3 Å². The number of nitrogens with one attached hydrogen (secondary N) is 1. The minimum atomic E-state index is -3.33. The first-order chi connectivity index (χ1) is 4.77. The summed E-state index contributed by atoms with van der Waals surface area (Å²) >= 11 is 0. The van der Waals surface area contributed by atoms with E-state index in [-0.39, 0.29) is 0 Å². The summed E-state index contributed by atoms with van der Waals surface area (Å²) in [6.45, 7) is -0.229. The van der Waals surface area contributed by atoms with Crippen LogP contribution in [0, 0.1) is 0 Å². The fraction of sp³-hybridized carbons (Fsp3) is 1.00. The van der Waals surface area contributed by atoms with Gasteiger partial charge >= 0.3 is 0 Å². The molecule has 11 heavy (non-hydrogen) atoms. The van der Waals surface area contributed by atoms with Gasteiger partial charge in [0.1, 0.15) is 0 Å². The van der Waals surface area contributed by atoms with Gasteiger partial charge < -0.3 is 5.32 Å². The average molecular weight is 173 g/mol. The minimum Gasteiger partial charge on any atom is -0.314 e. The summed E-state index contributed by atoms with van der Waals surface area (Å²) in [7, 11) is 1.29.